The molecule has 0 bridgehead atoms. The van der Waals surface area contributed by atoms with Crippen molar-refractivity contribution >= 4 is 36.4 Å². The van der Waals surface area contributed by atoms with Gasteiger partial charge in [0.05, 0.1) is 12.6 Å². The summed E-state index contributed by atoms with van der Waals surface area (Å²) in [5.41, 5.74) is 1.95. The van der Waals surface area contributed by atoms with E-state index in [4.69, 9.17) is 0 Å². The summed E-state index contributed by atoms with van der Waals surface area (Å²) in [5.74, 6) is 0.0544. The minimum atomic E-state index is -0.0615. The Bertz CT molecular complexity index is 582. The number of benzene rings is 1. The van der Waals surface area contributed by atoms with E-state index in [-0.39, 0.29) is 36.8 Å². The number of hydrogen-bond donors (Lipinski definition) is 2. The molecule has 2 heterocycles. The predicted octanol–water partition coefficient (Wildman–Crippen LogP) is 2.25. The Labute approximate surface area is 147 Å². The predicted molar refractivity (Wildman–Crippen MR) is 94.3 cm³/mol. The van der Waals surface area contributed by atoms with Crippen molar-refractivity contribution in [3.05, 3.63) is 42.5 Å². The molecule has 0 aliphatic carbocycles. The third kappa shape index (κ3) is 5.49. The number of carbonyl (C=O) groups excluding carboxylic acids is 1. The zero-order chi connectivity index (χ0) is 14.5. The van der Waals surface area contributed by atoms with E-state index in [2.05, 4.69) is 20.7 Å². The molecule has 0 radical (unpaired) electrons. The Morgan fingerprint density at radius 3 is 2.65 bits per heavy atom. The number of halogens is 2. The summed E-state index contributed by atoms with van der Waals surface area (Å²) in [6.45, 7) is 1.60. The molecule has 1 aliphatic rings. The molecular formula is C15H21Cl2N5O. The summed E-state index contributed by atoms with van der Waals surface area (Å²) in [4.78, 5) is 16.0. The standard InChI is InChI=1S/C15H19N5O.2ClH/c21-15(14-3-1-2-8-17-14)19-13-6-4-12(5-7-13)9-20-11-16-10-18-20;;/h4-7,10-11,14,17H,1-3,8-9H2,(H,19,21);2*1H/t14-;;/m0../s1. The average Bonchev–Trinajstić information content (AvgIpc) is 3.03. The first kappa shape index (κ1) is 19.4. The van der Waals surface area contributed by atoms with Crippen LogP contribution in [0, 0.1) is 0 Å². The van der Waals surface area contributed by atoms with Gasteiger partial charge in [0.15, 0.2) is 0 Å². The third-order valence-electron chi connectivity index (χ3n) is 3.66. The Morgan fingerprint density at radius 2 is 2.04 bits per heavy atom. The SMILES string of the molecule is Cl.Cl.O=C(Nc1ccc(Cn2cncn2)cc1)[C@@H]1CCCCN1. The van der Waals surface area contributed by atoms with Crippen LogP contribution in [0.15, 0.2) is 36.9 Å². The van der Waals surface area contributed by atoms with Crippen LogP contribution < -0.4 is 10.6 Å². The number of rotatable bonds is 4. The highest BCUT2D eigenvalue weighted by atomic mass is 35.5. The van der Waals surface area contributed by atoms with Crippen molar-refractivity contribution in [3.63, 3.8) is 0 Å². The summed E-state index contributed by atoms with van der Waals surface area (Å²) in [6.07, 6.45) is 6.38. The molecule has 1 atom stereocenters. The van der Waals surface area contributed by atoms with Crippen LogP contribution in [0.5, 0.6) is 0 Å². The second-order valence-electron chi connectivity index (χ2n) is 5.28. The second-order valence-corrected chi connectivity index (χ2v) is 5.28. The van der Waals surface area contributed by atoms with Crippen molar-refractivity contribution in [2.45, 2.75) is 31.8 Å². The monoisotopic (exact) mass is 357 g/mol. The largest absolute Gasteiger partial charge is 0.325 e. The number of nitrogens with zero attached hydrogens (tertiary/aromatic N) is 3. The number of carbonyl (C=O) groups is 1. The molecule has 1 amide bonds. The molecule has 0 saturated carbocycles. The lowest BCUT2D eigenvalue weighted by Crippen LogP contribution is -2.43. The van der Waals surface area contributed by atoms with Crippen molar-refractivity contribution < 1.29 is 4.79 Å². The van der Waals surface area contributed by atoms with Crippen LogP contribution >= 0.6 is 24.8 Å². The van der Waals surface area contributed by atoms with E-state index in [1.807, 2.05) is 24.3 Å². The van der Waals surface area contributed by atoms with Gasteiger partial charge in [0.2, 0.25) is 5.91 Å². The van der Waals surface area contributed by atoms with Gasteiger partial charge < -0.3 is 10.6 Å². The fraction of sp³-hybridized carbons (Fsp3) is 0.400. The fourth-order valence-corrected chi connectivity index (χ4v) is 2.50. The third-order valence-corrected chi connectivity index (χ3v) is 3.66. The summed E-state index contributed by atoms with van der Waals surface area (Å²) in [5, 5.41) is 10.3. The smallest absolute Gasteiger partial charge is 0.241 e. The Kier molecular flexibility index (Phi) is 8.02. The van der Waals surface area contributed by atoms with Gasteiger partial charge in [-0.25, -0.2) is 9.67 Å². The number of nitrogens with one attached hydrogen (secondary N) is 2. The first-order chi connectivity index (χ1) is 10.3. The zero-order valence-corrected chi connectivity index (χ0v) is 14.3. The molecule has 126 valence electrons. The molecule has 23 heavy (non-hydrogen) atoms. The van der Waals surface area contributed by atoms with E-state index < -0.39 is 0 Å². The van der Waals surface area contributed by atoms with E-state index in [0.717, 1.165) is 37.1 Å². The molecule has 0 unspecified atom stereocenters. The molecule has 8 heteroatoms. The topological polar surface area (TPSA) is 71.8 Å². The molecule has 2 aromatic rings. The maximum absolute atomic E-state index is 12.1. The Morgan fingerprint density at radius 1 is 1.26 bits per heavy atom. The van der Waals surface area contributed by atoms with Crippen molar-refractivity contribution in [1.29, 1.82) is 0 Å². The molecule has 6 nitrogen and oxygen atoms in total. The van der Waals surface area contributed by atoms with Gasteiger partial charge in [0.25, 0.3) is 0 Å². The van der Waals surface area contributed by atoms with Crippen molar-refractivity contribution in [2.24, 2.45) is 0 Å². The highest BCUT2D eigenvalue weighted by Crippen LogP contribution is 2.13. The van der Waals surface area contributed by atoms with Crippen LogP contribution in [0.25, 0.3) is 0 Å². The highest BCUT2D eigenvalue weighted by molar-refractivity contribution is 5.94. The maximum atomic E-state index is 12.1. The lowest BCUT2D eigenvalue weighted by molar-refractivity contribution is -0.118. The van der Waals surface area contributed by atoms with Gasteiger partial charge in [0, 0.05) is 5.69 Å². The zero-order valence-electron chi connectivity index (χ0n) is 12.6. The number of piperidine rings is 1. The number of amides is 1. The van der Waals surface area contributed by atoms with Crippen LogP contribution in [0.1, 0.15) is 24.8 Å². The molecule has 1 aromatic carbocycles. The molecule has 3 rings (SSSR count). The van der Waals surface area contributed by atoms with Crippen molar-refractivity contribution in [3.8, 4) is 0 Å². The van der Waals surface area contributed by atoms with E-state index in [9.17, 15) is 4.79 Å². The number of anilines is 1. The van der Waals surface area contributed by atoms with Crippen LogP contribution in [0.4, 0.5) is 5.69 Å². The van der Waals surface area contributed by atoms with Crippen LogP contribution in [0.3, 0.4) is 0 Å². The minimum absolute atomic E-state index is 0. The molecule has 1 aliphatic heterocycles. The van der Waals surface area contributed by atoms with Crippen molar-refractivity contribution in [1.82, 2.24) is 20.1 Å². The van der Waals surface area contributed by atoms with Gasteiger partial charge in [-0.05, 0) is 37.1 Å². The van der Waals surface area contributed by atoms with Crippen LogP contribution in [0.2, 0.25) is 0 Å². The Hall–Kier alpha value is -1.63. The fourth-order valence-electron chi connectivity index (χ4n) is 2.50. The summed E-state index contributed by atoms with van der Waals surface area (Å²) < 4.78 is 1.76. The molecule has 0 spiro atoms. The van der Waals surface area contributed by atoms with Crippen molar-refractivity contribution in [2.75, 3.05) is 11.9 Å². The lowest BCUT2D eigenvalue weighted by Gasteiger charge is -2.22. The van der Waals surface area contributed by atoms with Gasteiger partial charge in [-0.3, -0.25) is 4.79 Å². The molecule has 1 fully saturated rings. The first-order valence-corrected chi connectivity index (χ1v) is 7.27. The average molecular weight is 358 g/mol. The van der Waals surface area contributed by atoms with Gasteiger partial charge in [-0.15, -0.1) is 24.8 Å². The van der Waals surface area contributed by atoms with E-state index in [0.29, 0.717) is 6.54 Å². The minimum Gasteiger partial charge on any atom is -0.325 e. The molecule has 1 saturated heterocycles. The Balaban J connectivity index is 0.00000132. The van der Waals surface area contributed by atoms with Gasteiger partial charge in [0.1, 0.15) is 12.7 Å². The van der Waals surface area contributed by atoms with E-state index in [1.54, 1.807) is 11.0 Å². The molecular weight excluding hydrogens is 337 g/mol. The quantitative estimate of drug-likeness (QED) is 0.880. The van der Waals surface area contributed by atoms with E-state index >= 15 is 0 Å². The molecule has 1 aromatic heterocycles. The summed E-state index contributed by atoms with van der Waals surface area (Å²) in [6, 6.07) is 7.77. The van der Waals surface area contributed by atoms with E-state index in [1.165, 1.54) is 6.33 Å². The number of hydrogen-bond acceptors (Lipinski definition) is 4. The van der Waals surface area contributed by atoms with Gasteiger partial charge in [-0.2, -0.15) is 5.10 Å². The van der Waals surface area contributed by atoms with Crippen LogP contribution in [-0.4, -0.2) is 33.3 Å². The second kappa shape index (κ2) is 9.50. The van der Waals surface area contributed by atoms with Crippen LogP contribution in [-0.2, 0) is 11.3 Å². The highest BCUT2D eigenvalue weighted by Gasteiger charge is 2.20. The lowest BCUT2D eigenvalue weighted by atomic mass is 10.0. The van der Waals surface area contributed by atoms with Gasteiger partial charge >= 0.3 is 0 Å². The number of aromatic nitrogens is 3. The summed E-state index contributed by atoms with van der Waals surface area (Å²) in [7, 11) is 0. The summed E-state index contributed by atoms with van der Waals surface area (Å²) >= 11 is 0. The first-order valence-electron chi connectivity index (χ1n) is 7.27. The maximum Gasteiger partial charge on any atom is 0.241 e. The molecule has 2 N–H and O–H groups in total. The normalized spacial score (nSPS) is 16.8. The van der Waals surface area contributed by atoms with Gasteiger partial charge in [-0.1, -0.05) is 18.6 Å².